The Labute approximate surface area is 153 Å². The molecular formula is C21H24N2O3. The van der Waals surface area contributed by atoms with Gasteiger partial charge in [-0.2, -0.15) is 0 Å². The first-order valence-electron chi connectivity index (χ1n) is 9.19. The molecule has 2 aliphatic rings. The van der Waals surface area contributed by atoms with E-state index in [1.54, 1.807) is 0 Å². The number of aryl methyl sites for hydroxylation is 1. The predicted octanol–water partition coefficient (Wildman–Crippen LogP) is 3.55. The minimum absolute atomic E-state index is 0.0749. The molecule has 1 aliphatic heterocycles. The Kier molecular flexibility index (Phi) is 4.69. The summed E-state index contributed by atoms with van der Waals surface area (Å²) in [6.45, 7) is 0.860. The van der Waals surface area contributed by atoms with E-state index in [-0.39, 0.29) is 18.2 Å². The van der Waals surface area contributed by atoms with Crippen molar-refractivity contribution < 1.29 is 14.3 Å². The van der Waals surface area contributed by atoms with E-state index in [1.807, 2.05) is 42.3 Å². The maximum Gasteiger partial charge on any atom is 0.317 e. The van der Waals surface area contributed by atoms with Crippen LogP contribution in [0.5, 0.6) is 11.5 Å². The number of hydrogen-bond donors (Lipinski definition) is 1. The predicted molar refractivity (Wildman–Crippen MR) is 99.6 cm³/mol. The molecule has 5 nitrogen and oxygen atoms in total. The van der Waals surface area contributed by atoms with Crippen molar-refractivity contribution in [1.29, 1.82) is 0 Å². The summed E-state index contributed by atoms with van der Waals surface area (Å²) >= 11 is 0. The first kappa shape index (κ1) is 16.8. The molecule has 5 heteroatoms. The highest BCUT2D eigenvalue weighted by atomic mass is 16.6. The van der Waals surface area contributed by atoms with Gasteiger partial charge in [0.1, 0.15) is 6.61 Å². The molecule has 0 aromatic heterocycles. The van der Waals surface area contributed by atoms with Crippen LogP contribution in [0.1, 0.15) is 30.0 Å². The van der Waals surface area contributed by atoms with Crippen molar-refractivity contribution in [3.05, 3.63) is 59.7 Å². The second-order valence-electron chi connectivity index (χ2n) is 6.90. The van der Waals surface area contributed by atoms with Gasteiger partial charge in [0.15, 0.2) is 17.6 Å². The number of ether oxygens (including phenoxy) is 2. The Morgan fingerprint density at radius 3 is 2.81 bits per heavy atom. The van der Waals surface area contributed by atoms with E-state index in [9.17, 15) is 4.79 Å². The summed E-state index contributed by atoms with van der Waals surface area (Å²) in [5.74, 6) is 1.48. The third kappa shape index (κ3) is 3.34. The monoisotopic (exact) mass is 352 g/mol. The quantitative estimate of drug-likeness (QED) is 0.919. The van der Waals surface area contributed by atoms with Gasteiger partial charge in [0.25, 0.3) is 0 Å². The van der Waals surface area contributed by atoms with Gasteiger partial charge < -0.3 is 19.7 Å². The lowest BCUT2D eigenvalue weighted by Gasteiger charge is -2.34. The number of para-hydroxylation sites is 2. The molecule has 0 saturated heterocycles. The second kappa shape index (κ2) is 7.28. The first-order valence-corrected chi connectivity index (χ1v) is 9.19. The zero-order valence-corrected chi connectivity index (χ0v) is 15.0. The number of benzene rings is 2. The number of nitrogens with zero attached hydrogens (tertiary/aromatic N) is 1. The number of amides is 2. The standard InChI is InChI=1S/C21H24N2O3/c1-23(18-10-6-8-15-7-2-3-9-17(15)18)21(24)22-13-16-14-25-19-11-4-5-12-20(19)26-16/h2-5,7,9,11-12,16,18H,6,8,10,13-14H2,1H3,(H,22,24)/t16-,18+/m1/s1. The number of nitrogens with one attached hydrogen (secondary N) is 1. The highest BCUT2D eigenvalue weighted by Gasteiger charge is 2.27. The second-order valence-corrected chi connectivity index (χ2v) is 6.90. The van der Waals surface area contributed by atoms with Crippen LogP contribution in [0.15, 0.2) is 48.5 Å². The van der Waals surface area contributed by atoms with Crippen LogP contribution >= 0.6 is 0 Å². The molecule has 0 unspecified atom stereocenters. The molecular weight excluding hydrogens is 328 g/mol. The highest BCUT2D eigenvalue weighted by Crippen LogP contribution is 2.33. The van der Waals surface area contributed by atoms with Crippen molar-refractivity contribution in [3.8, 4) is 11.5 Å². The fourth-order valence-electron chi connectivity index (χ4n) is 3.76. The maximum absolute atomic E-state index is 12.7. The number of hydrogen-bond acceptors (Lipinski definition) is 3. The molecule has 2 atom stereocenters. The topological polar surface area (TPSA) is 50.8 Å². The Hall–Kier alpha value is -2.69. The molecule has 0 bridgehead atoms. The van der Waals surface area contributed by atoms with Crippen molar-refractivity contribution in [2.45, 2.75) is 31.4 Å². The molecule has 2 aromatic carbocycles. The van der Waals surface area contributed by atoms with Crippen LogP contribution < -0.4 is 14.8 Å². The van der Waals surface area contributed by atoms with Gasteiger partial charge in [0.05, 0.1) is 12.6 Å². The minimum Gasteiger partial charge on any atom is -0.486 e. The summed E-state index contributed by atoms with van der Waals surface area (Å²) in [4.78, 5) is 14.5. The molecule has 26 heavy (non-hydrogen) atoms. The van der Waals surface area contributed by atoms with Crippen molar-refractivity contribution in [1.82, 2.24) is 10.2 Å². The van der Waals surface area contributed by atoms with Crippen LogP contribution in [0.4, 0.5) is 4.79 Å². The van der Waals surface area contributed by atoms with Crippen LogP contribution in [0.3, 0.4) is 0 Å². The van der Waals surface area contributed by atoms with Crippen molar-refractivity contribution in [2.75, 3.05) is 20.2 Å². The molecule has 2 amide bonds. The summed E-state index contributed by atoms with van der Waals surface area (Å²) < 4.78 is 11.6. The largest absolute Gasteiger partial charge is 0.486 e. The average molecular weight is 352 g/mol. The van der Waals surface area contributed by atoms with E-state index in [2.05, 4.69) is 23.5 Å². The van der Waals surface area contributed by atoms with Gasteiger partial charge in [-0.15, -0.1) is 0 Å². The molecule has 1 heterocycles. The van der Waals surface area contributed by atoms with Gasteiger partial charge in [-0.25, -0.2) is 4.79 Å². The molecule has 136 valence electrons. The summed E-state index contributed by atoms with van der Waals surface area (Å²) in [5, 5.41) is 2.99. The smallest absolute Gasteiger partial charge is 0.317 e. The van der Waals surface area contributed by atoms with E-state index in [0.717, 1.165) is 30.8 Å². The Morgan fingerprint density at radius 2 is 1.92 bits per heavy atom. The molecule has 0 radical (unpaired) electrons. The third-order valence-corrected chi connectivity index (χ3v) is 5.17. The summed E-state index contributed by atoms with van der Waals surface area (Å²) in [7, 11) is 1.87. The zero-order valence-electron chi connectivity index (χ0n) is 15.0. The Bertz CT molecular complexity index is 792. The van der Waals surface area contributed by atoms with Gasteiger partial charge >= 0.3 is 6.03 Å². The summed E-state index contributed by atoms with van der Waals surface area (Å²) in [6.07, 6.45) is 3.02. The molecule has 0 spiro atoms. The lowest BCUT2D eigenvalue weighted by atomic mass is 9.87. The number of carbonyl (C=O) groups is 1. The molecule has 1 N–H and O–H groups in total. The lowest BCUT2D eigenvalue weighted by molar-refractivity contribution is 0.0896. The van der Waals surface area contributed by atoms with Crippen LogP contribution in [0.25, 0.3) is 0 Å². The van der Waals surface area contributed by atoms with E-state index >= 15 is 0 Å². The fourth-order valence-corrected chi connectivity index (χ4v) is 3.76. The van der Waals surface area contributed by atoms with Crippen LogP contribution in [-0.4, -0.2) is 37.2 Å². The van der Waals surface area contributed by atoms with Gasteiger partial charge in [-0.3, -0.25) is 0 Å². The van der Waals surface area contributed by atoms with E-state index in [1.165, 1.54) is 11.1 Å². The van der Waals surface area contributed by atoms with E-state index < -0.39 is 0 Å². The van der Waals surface area contributed by atoms with Crippen molar-refractivity contribution in [3.63, 3.8) is 0 Å². The Balaban J connectivity index is 1.36. The normalized spacial score (nSPS) is 20.8. The maximum atomic E-state index is 12.7. The Morgan fingerprint density at radius 1 is 1.15 bits per heavy atom. The van der Waals surface area contributed by atoms with Crippen LogP contribution in [0, 0.1) is 0 Å². The van der Waals surface area contributed by atoms with Crippen molar-refractivity contribution >= 4 is 6.03 Å². The van der Waals surface area contributed by atoms with Gasteiger partial charge in [-0.05, 0) is 42.5 Å². The SMILES string of the molecule is CN(C(=O)NC[C@@H]1COc2ccccc2O1)[C@H]1CCCc2ccccc21. The number of urea groups is 1. The first-order chi connectivity index (χ1) is 12.7. The molecule has 4 rings (SSSR count). The van der Waals surface area contributed by atoms with E-state index in [0.29, 0.717) is 13.2 Å². The molecule has 0 saturated carbocycles. The van der Waals surface area contributed by atoms with Gasteiger partial charge in [0, 0.05) is 7.05 Å². The number of carbonyl (C=O) groups excluding carboxylic acids is 1. The molecule has 1 aliphatic carbocycles. The fraction of sp³-hybridized carbons (Fsp3) is 0.381. The lowest BCUT2D eigenvalue weighted by Crippen LogP contribution is -2.46. The highest BCUT2D eigenvalue weighted by molar-refractivity contribution is 5.74. The number of rotatable bonds is 3. The van der Waals surface area contributed by atoms with Crippen LogP contribution in [-0.2, 0) is 6.42 Å². The summed E-state index contributed by atoms with van der Waals surface area (Å²) in [5.41, 5.74) is 2.62. The van der Waals surface area contributed by atoms with Crippen molar-refractivity contribution in [2.24, 2.45) is 0 Å². The van der Waals surface area contributed by atoms with Crippen LogP contribution in [0.2, 0.25) is 0 Å². The van der Waals surface area contributed by atoms with Gasteiger partial charge in [0.2, 0.25) is 0 Å². The summed E-state index contributed by atoms with van der Waals surface area (Å²) in [6, 6.07) is 16.1. The van der Waals surface area contributed by atoms with E-state index in [4.69, 9.17) is 9.47 Å². The third-order valence-electron chi connectivity index (χ3n) is 5.17. The molecule has 0 fully saturated rings. The van der Waals surface area contributed by atoms with Gasteiger partial charge in [-0.1, -0.05) is 36.4 Å². The molecule has 2 aromatic rings. The average Bonchev–Trinajstić information content (AvgIpc) is 2.71. The zero-order chi connectivity index (χ0) is 17.9. The number of fused-ring (bicyclic) bond motifs is 2. The minimum atomic E-state index is -0.180.